The highest BCUT2D eigenvalue weighted by Crippen LogP contribution is 2.23. The van der Waals surface area contributed by atoms with Gasteiger partial charge in [0.25, 0.3) is 0 Å². The largest absolute Gasteiger partial charge is 0.497 e. The highest BCUT2D eigenvalue weighted by atomic mass is 35.5. The molecule has 0 amide bonds. The molecule has 0 aliphatic carbocycles. The Morgan fingerprint density at radius 1 is 1.14 bits per heavy atom. The number of rotatable bonds is 3. The van der Waals surface area contributed by atoms with Crippen molar-refractivity contribution in [2.24, 2.45) is 0 Å². The molecule has 5 nitrogen and oxygen atoms in total. The molecule has 0 saturated carbocycles. The second kappa shape index (κ2) is 6.18. The summed E-state index contributed by atoms with van der Waals surface area (Å²) in [6.45, 7) is 0. The Morgan fingerprint density at radius 3 is 2.67 bits per heavy atom. The zero-order valence-corrected chi connectivity index (χ0v) is 12.1. The highest BCUT2D eigenvalue weighted by molar-refractivity contribution is 6.58. The number of imidazole rings is 1. The van der Waals surface area contributed by atoms with Crippen LogP contribution in [0.15, 0.2) is 48.8 Å². The van der Waals surface area contributed by atoms with Crippen LogP contribution in [0.5, 0.6) is 5.75 Å². The first-order chi connectivity index (χ1) is 9.67. The van der Waals surface area contributed by atoms with Crippen molar-refractivity contribution in [3.05, 3.63) is 48.8 Å². The van der Waals surface area contributed by atoms with Crippen LogP contribution in [0.25, 0.3) is 16.9 Å². The zero-order chi connectivity index (χ0) is 14.1. The molecular formula is C14H14BClN2O3. The van der Waals surface area contributed by atoms with E-state index in [0.717, 1.165) is 22.7 Å². The van der Waals surface area contributed by atoms with Gasteiger partial charge in [-0.3, -0.25) is 0 Å². The van der Waals surface area contributed by atoms with E-state index in [1.54, 1.807) is 29.8 Å². The number of nitrogens with zero attached hydrogens (tertiary/aromatic N) is 2. The van der Waals surface area contributed by atoms with Crippen LogP contribution < -0.4 is 10.2 Å². The first kappa shape index (κ1) is 15.4. The predicted octanol–water partition coefficient (Wildman–Crippen LogP) is 1.11. The van der Waals surface area contributed by atoms with Gasteiger partial charge in [0.2, 0.25) is 0 Å². The normalized spacial score (nSPS) is 10.2. The molecule has 0 aliphatic rings. The van der Waals surface area contributed by atoms with Crippen molar-refractivity contribution >= 4 is 30.6 Å². The fourth-order valence-corrected chi connectivity index (χ4v) is 2.08. The van der Waals surface area contributed by atoms with E-state index in [4.69, 9.17) is 4.74 Å². The Morgan fingerprint density at radius 2 is 1.95 bits per heavy atom. The van der Waals surface area contributed by atoms with Crippen molar-refractivity contribution < 1.29 is 14.8 Å². The quantitative estimate of drug-likeness (QED) is 0.712. The first-order valence-electron chi connectivity index (χ1n) is 6.16. The van der Waals surface area contributed by atoms with E-state index in [1.165, 1.54) is 0 Å². The number of halogens is 1. The molecule has 0 radical (unpaired) electrons. The van der Waals surface area contributed by atoms with E-state index in [9.17, 15) is 10.0 Å². The molecule has 21 heavy (non-hydrogen) atoms. The lowest BCUT2D eigenvalue weighted by Crippen LogP contribution is -2.30. The average Bonchev–Trinajstić information content (AvgIpc) is 2.90. The standard InChI is InChI=1S/C14H13BN2O3.ClH/c1-20-12-4-2-3-10(7-12)13-9-17-8-11(15(18)19)5-6-14(17)16-13;/h2-9,18-19H,1H3;1H. The highest BCUT2D eigenvalue weighted by Gasteiger charge is 2.12. The van der Waals surface area contributed by atoms with Crippen LogP contribution in [0.4, 0.5) is 0 Å². The molecule has 7 heteroatoms. The minimum Gasteiger partial charge on any atom is -0.497 e. The van der Waals surface area contributed by atoms with Crippen LogP contribution >= 0.6 is 12.4 Å². The van der Waals surface area contributed by atoms with Crippen molar-refractivity contribution in [2.45, 2.75) is 0 Å². The van der Waals surface area contributed by atoms with E-state index in [2.05, 4.69) is 4.98 Å². The lowest BCUT2D eigenvalue weighted by molar-refractivity contribution is 0.415. The second-order valence-corrected chi connectivity index (χ2v) is 4.46. The van der Waals surface area contributed by atoms with E-state index in [0.29, 0.717) is 5.46 Å². The summed E-state index contributed by atoms with van der Waals surface area (Å²) in [5.74, 6) is 0.769. The van der Waals surface area contributed by atoms with Gasteiger partial charge < -0.3 is 19.2 Å². The van der Waals surface area contributed by atoms with Gasteiger partial charge in [0.15, 0.2) is 0 Å². The summed E-state index contributed by atoms with van der Waals surface area (Å²) < 4.78 is 6.97. The third-order valence-electron chi connectivity index (χ3n) is 3.14. The van der Waals surface area contributed by atoms with Crippen molar-refractivity contribution in [1.29, 1.82) is 0 Å². The molecule has 2 heterocycles. The molecule has 1 aromatic carbocycles. The second-order valence-electron chi connectivity index (χ2n) is 4.46. The molecule has 0 aliphatic heterocycles. The van der Waals surface area contributed by atoms with Gasteiger partial charge in [-0.15, -0.1) is 12.4 Å². The summed E-state index contributed by atoms with van der Waals surface area (Å²) in [4.78, 5) is 4.50. The van der Waals surface area contributed by atoms with Gasteiger partial charge in [0.1, 0.15) is 11.4 Å². The van der Waals surface area contributed by atoms with Crippen LogP contribution in [0.2, 0.25) is 0 Å². The molecule has 0 fully saturated rings. The first-order valence-corrected chi connectivity index (χ1v) is 6.16. The summed E-state index contributed by atoms with van der Waals surface area (Å²) in [5.41, 5.74) is 2.91. The number of pyridine rings is 1. The molecule has 0 saturated heterocycles. The minimum atomic E-state index is -1.48. The summed E-state index contributed by atoms with van der Waals surface area (Å²) in [5, 5.41) is 18.4. The Labute approximate surface area is 128 Å². The topological polar surface area (TPSA) is 67.0 Å². The molecular weight excluding hydrogens is 290 g/mol. The number of fused-ring (bicyclic) bond motifs is 1. The zero-order valence-electron chi connectivity index (χ0n) is 11.3. The smallest absolute Gasteiger partial charge is 0.489 e. The van der Waals surface area contributed by atoms with Crippen molar-refractivity contribution in [1.82, 2.24) is 9.38 Å². The van der Waals surface area contributed by atoms with Crippen molar-refractivity contribution in [2.75, 3.05) is 7.11 Å². The van der Waals surface area contributed by atoms with Crippen LogP contribution in [0.3, 0.4) is 0 Å². The molecule has 3 aromatic rings. The number of benzene rings is 1. The third-order valence-corrected chi connectivity index (χ3v) is 3.14. The summed E-state index contributed by atoms with van der Waals surface area (Å²) in [6.07, 6.45) is 3.49. The number of hydrogen-bond donors (Lipinski definition) is 2. The molecule has 0 spiro atoms. The minimum absolute atomic E-state index is 0. The number of hydrogen-bond acceptors (Lipinski definition) is 4. The number of methoxy groups -OCH3 is 1. The van der Waals surface area contributed by atoms with Crippen molar-refractivity contribution in [3.8, 4) is 17.0 Å². The van der Waals surface area contributed by atoms with Crippen molar-refractivity contribution in [3.63, 3.8) is 0 Å². The molecule has 0 atom stereocenters. The van der Waals surface area contributed by atoms with Gasteiger partial charge in [-0.25, -0.2) is 4.98 Å². The fraction of sp³-hybridized carbons (Fsp3) is 0.0714. The summed E-state index contributed by atoms with van der Waals surface area (Å²) >= 11 is 0. The molecule has 0 bridgehead atoms. The van der Waals surface area contributed by atoms with Crippen LogP contribution in [0, 0.1) is 0 Å². The monoisotopic (exact) mass is 304 g/mol. The molecule has 108 valence electrons. The maximum Gasteiger partial charge on any atom is 0.489 e. The molecule has 2 N–H and O–H groups in total. The number of aromatic nitrogens is 2. The van der Waals surface area contributed by atoms with E-state index in [1.807, 2.05) is 30.5 Å². The summed E-state index contributed by atoms with van der Waals surface area (Å²) in [7, 11) is 0.139. The Hall–Kier alpha value is -2.02. The fourth-order valence-electron chi connectivity index (χ4n) is 2.08. The summed E-state index contributed by atoms with van der Waals surface area (Å²) in [6, 6.07) is 11.0. The van der Waals surface area contributed by atoms with Gasteiger partial charge in [0, 0.05) is 18.0 Å². The Balaban J connectivity index is 0.00000161. The number of ether oxygens (including phenoxy) is 1. The Bertz CT molecular complexity index is 761. The van der Waals surface area contributed by atoms with E-state index in [-0.39, 0.29) is 12.4 Å². The SMILES string of the molecule is COc1cccc(-c2cn3cc(B(O)O)ccc3n2)c1.Cl. The van der Waals surface area contributed by atoms with Crippen LogP contribution in [-0.2, 0) is 0 Å². The lowest BCUT2D eigenvalue weighted by Gasteiger charge is -2.01. The Kier molecular flexibility index (Phi) is 4.52. The van der Waals surface area contributed by atoms with E-state index >= 15 is 0 Å². The van der Waals surface area contributed by atoms with Gasteiger partial charge in [-0.1, -0.05) is 18.2 Å². The van der Waals surface area contributed by atoms with Gasteiger partial charge in [-0.2, -0.15) is 0 Å². The van der Waals surface area contributed by atoms with Crippen LogP contribution in [-0.4, -0.2) is 33.7 Å². The maximum atomic E-state index is 9.18. The van der Waals surface area contributed by atoms with Gasteiger partial charge in [-0.05, 0) is 23.7 Å². The van der Waals surface area contributed by atoms with Crippen LogP contribution in [0.1, 0.15) is 0 Å². The van der Waals surface area contributed by atoms with Gasteiger partial charge >= 0.3 is 7.12 Å². The molecule has 0 unspecified atom stereocenters. The third kappa shape index (κ3) is 3.02. The van der Waals surface area contributed by atoms with Gasteiger partial charge in [0.05, 0.1) is 12.8 Å². The van der Waals surface area contributed by atoms with E-state index < -0.39 is 7.12 Å². The predicted molar refractivity (Wildman–Crippen MR) is 84.3 cm³/mol. The lowest BCUT2D eigenvalue weighted by atomic mass is 9.82. The molecule has 3 rings (SSSR count). The molecule has 2 aromatic heterocycles. The average molecular weight is 305 g/mol. The maximum absolute atomic E-state index is 9.18.